The Balaban J connectivity index is 1.90. The number of carbonyl (C=O) groups excluding carboxylic acids is 2. The summed E-state index contributed by atoms with van der Waals surface area (Å²) in [5, 5.41) is 10.1. The highest BCUT2D eigenvalue weighted by Crippen LogP contribution is 2.08. The second-order valence-electron chi connectivity index (χ2n) is 3.63. The van der Waals surface area contributed by atoms with Crippen LogP contribution < -0.4 is 10.9 Å². The van der Waals surface area contributed by atoms with Crippen LogP contribution in [0.5, 0.6) is 0 Å². The van der Waals surface area contributed by atoms with Gasteiger partial charge in [-0.1, -0.05) is 0 Å². The fourth-order valence-electron chi connectivity index (χ4n) is 1.31. The summed E-state index contributed by atoms with van der Waals surface area (Å²) >= 11 is 0. The monoisotopic (exact) mass is 282 g/mol. The number of nitrogens with zero attached hydrogens (tertiary/aromatic N) is 4. The first-order chi connectivity index (χ1) is 9.56. The maximum absolute atomic E-state index is 13.3. The van der Waals surface area contributed by atoms with E-state index in [4.69, 9.17) is 0 Å². The molecule has 0 saturated carbocycles. The van der Waals surface area contributed by atoms with Crippen LogP contribution in [-0.2, 0) is 11.3 Å². The quantitative estimate of drug-likeness (QED) is 0.733. The highest BCUT2D eigenvalue weighted by Gasteiger charge is 2.13. The predicted octanol–water partition coefficient (Wildman–Crippen LogP) is -0.587. The Morgan fingerprint density at radius 3 is 2.70 bits per heavy atom. The van der Waals surface area contributed by atoms with Gasteiger partial charge in [0.25, 0.3) is 11.8 Å². The average Bonchev–Trinajstić information content (AvgIpc) is 2.89. The maximum Gasteiger partial charge on any atom is 0.272 e. The molecule has 0 bridgehead atoms. The summed E-state index contributed by atoms with van der Waals surface area (Å²) < 4.78 is 27.1. The minimum atomic E-state index is -1.03. The van der Waals surface area contributed by atoms with Crippen LogP contribution in [0.4, 0.5) is 8.78 Å². The topological polar surface area (TPSA) is 102 Å². The van der Waals surface area contributed by atoms with Gasteiger partial charge >= 0.3 is 0 Å². The van der Waals surface area contributed by atoms with Crippen LogP contribution in [0, 0.1) is 11.6 Å². The van der Waals surface area contributed by atoms with Gasteiger partial charge in [-0.2, -0.15) is 0 Å². The summed E-state index contributed by atoms with van der Waals surface area (Å²) in [6.45, 7) is -0.223. The van der Waals surface area contributed by atoms with E-state index in [1.165, 1.54) is 6.33 Å². The van der Waals surface area contributed by atoms with Crippen LogP contribution in [0.1, 0.15) is 10.4 Å². The molecule has 1 aromatic carbocycles. The third-order valence-electron chi connectivity index (χ3n) is 2.19. The van der Waals surface area contributed by atoms with E-state index in [9.17, 15) is 18.4 Å². The molecule has 2 amide bonds. The first-order valence-electron chi connectivity index (χ1n) is 5.31. The number of halogens is 2. The van der Waals surface area contributed by atoms with Crippen molar-refractivity contribution in [3.8, 4) is 0 Å². The van der Waals surface area contributed by atoms with Gasteiger partial charge in [0.2, 0.25) is 0 Å². The van der Waals surface area contributed by atoms with Gasteiger partial charge in [-0.15, -0.1) is 5.10 Å². The zero-order valence-electron chi connectivity index (χ0n) is 9.88. The highest BCUT2D eigenvalue weighted by atomic mass is 19.1. The molecule has 0 unspecified atom stereocenters. The van der Waals surface area contributed by atoms with Crippen LogP contribution in [-0.4, -0.2) is 32.0 Å². The molecule has 0 aliphatic carbocycles. The number of benzene rings is 1. The van der Waals surface area contributed by atoms with Gasteiger partial charge in [-0.05, 0) is 22.6 Å². The lowest BCUT2D eigenvalue weighted by Gasteiger charge is -2.07. The van der Waals surface area contributed by atoms with E-state index in [1.807, 2.05) is 10.9 Å². The van der Waals surface area contributed by atoms with Gasteiger partial charge in [0, 0.05) is 6.07 Å². The number of carbonyl (C=O) groups is 2. The maximum atomic E-state index is 13.3. The second kappa shape index (κ2) is 5.82. The first kappa shape index (κ1) is 13.5. The van der Waals surface area contributed by atoms with E-state index >= 15 is 0 Å². The van der Waals surface area contributed by atoms with E-state index in [1.54, 1.807) is 0 Å². The molecular weight excluding hydrogens is 274 g/mol. The van der Waals surface area contributed by atoms with Crippen molar-refractivity contribution in [1.29, 1.82) is 0 Å². The van der Waals surface area contributed by atoms with Gasteiger partial charge in [0.05, 0.1) is 5.56 Å². The highest BCUT2D eigenvalue weighted by molar-refractivity contribution is 5.95. The van der Waals surface area contributed by atoms with E-state index < -0.39 is 29.0 Å². The number of hydrogen-bond acceptors (Lipinski definition) is 5. The van der Waals surface area contributed by atoms with Crippen molar-refractivity contribution in [3.05, 3.63) is 41.7 Å². The Labute approximate surface area is 110 Å². The van der Waals surface area contributed by atoms with Crippen molar-refractivity contribution in [2.45, 2.75) is 6.54 Å². The lowest BCUT2D eigenvalue weighted by molar-refractivity contribution is -0.122. The van der Waals surface area contributed by atoms with Crippen molar-refractivity contribution in [2.24, 2.45) is 0 Å². The van der Waals surface area contributed by atoms with Gasteiger partial charge in [0.15, 0.2) is 0 Å². The first-order valence-corrected chi connectivity index (χ1v) is 5.31. The molecule has 1 aromatic heterocycles. The summed E-state index contributed by atoms with van der Waals surface area (Å²) in [6, 6.07) is 2.46. The van der Waals surface area contributed by atoms with Crippen molar-refractivity contribution in [2.75, 3.05) is 0 Å². The second-order valence-corrected chi connectivity index (χ2v) is 3.63. The number of hydrazine groups is 1. The van der Waals surface area contributed by atoms with Crippen molar-refractivity contribution in [3.63, 3.8) is 0 Å². The summed E-state index contributed by atoms with van der Waals surface area (Å²) in [4.78, 5) is 22.9. The molecular formula is C10H8F2N6O2. The number of hydrogen-bond donors (Lipinski definition) is 2. The number of rotatable bonds is 3. The van der Waals surface area contributed by atoms with Gasteiger partial charge < -0.3 is 0 Å². The molecule has 0 aliphatic heterocycles. The van der Waals surface area contributed by atoms with E-state index in [0.29, 0.717) is 6.07 Å². The molecule has 10 heteroatoms. The van der Waals surface area contributed by atoms with Gasteiger partial charge in [0.1, 0.15) is 24.5 Å². The minimum Gasteiger partial charge on any atom is -0.271 e. The zero-order valence-corrected chi connectivity index (χ0v) is 9.88. The van der Waals surface area contributed by atoms with Crippen LogP contribution in [0.25, 0.3) is 0 Å². The SMILES string of the molecule is O=C(Cn1cnnn1)NNC(=O)c1ccc(F)cc1F. The molecule has 0 saturated heterocycles. The average molecular weight is 282 g/mol. The van der Waals surface area contributed by atoms with Crippen LogP contribution in [0.15, 0.2) is 24.5 Å². The Hall–Kier alpha value is -2.91. The zero-order chi connectivity index (χ0) is 14.5. The number of amides is 2. The lowest BCUT2D eigenvalue weighted by Crippen LogP contribution is -2.43. The molecule has 0 aliphatic rings. The normalized spacial score (nSPS) is 10.1. The third kappa shape index (κ3) is 3.31. The molecule has 0 atom stereocenters. The number of tetrazole rings is 1. The minimum absolute atomic E-state index is 0.223. The number of aromatic nitrogens is 4. The summed E-state index contributed by atoms with van der Waals surface area (Å²) in [5.41, 5.74) is 3.64. The fraction of sp³-hybridized carbons (Fsp3) is 0.100. The van der Waals surface area contributed by atoms with Crippen LogP contribution in [0.2, 0.25) is 0 Å². The number of nitrogens with one attached hydrogen (secondary N) is 2. The Kier molecular flexibility index (Phi) is 3.93. The van der Waals surface area contributed by atoms with Crippen LogP contribution in [0.3, 0.4) is 0 Å². The molecule has 1 heterocycles. The lowest BCUT2D eigenvalue weighted by atomic mass is 10.2. The molecule has 0 fully saturated rings. The van der Waals surface area contributed by atoms with Crippen molar-refractivity contribution >= 4 is 11.8 Å². The van der Waals surface area contributed by atoms with Crippen molar-refractivity contribution < 1.29 is 18.4 Å². The van der Waals surface area contributed by atoms with Gasteiger partial charge in [-0.25, -0.2) is 13.5 Å². The molecule has 2 rings (SSSR count). The van der Waals surface area contributed by atoms with E-state index in [2.05, 4.69) is 15.5 Å². The van der Waals surface area contributed by atoms with Crippen molar-refractivity contribution in [1.82, 2.24) is 31.1 Å². The van der Waals surface area contributed by atoms with Gasteiger partial charge in [-0.3, -0.25) is 20.4 Å². The molecule has 20 heavy (non-hydrogen) atoms. The largest absolute Gasteiger partial charge is 0.272 e. The summed E-state index contributed by atoms with van der Waals surface area (Å²) in [6.07, 6.45) is 1.21. The smallest absolute Gasteiger partial charge is 0.271 e. The molecule has 8 nitrogen and oxygen atoms in total. The standard InChI is InChI=1S/C10H8F2N6O2/c11-6-1-2-7(8(12)3-6)10(20)15-14-9(19)4-18-5-13-16-17-18/h1-3,5H,4H2,(H,14,19)(H,15,20). The molecule has 2 aromatic rings. The van der Waals surface area contributed by atoms with Crippen LogP contribution >= 0.6 is 0 Å². The summed E-state index contributed by atoms with van der Waals surface area (Å²) in [7, 11) is 0. The third-order valence-corrected chi connectivity index (χ3v) is 2.19. The Morgan fingerprint density at radius 2 is 2.05 bits per heavy atom. The van der Waals surface area contributed by atoms with E-state index in [-0.39, 0.29) is 6.54 Å². The Bertz CT molecular complexity index is 631. The predicted molar refractivity (Wildman–Crippen MR) is 59.8 cm³/mol. The molecule has 2 N–H and O–H groups in total. The fourth-order valence-corrected chi connectivity index (χ4v) is 1.31. The molecule has 104 valence electrons. The molecule has 0 radical (unpaired) electrons. The molecule has 0 spiro atoms. The summed E-state index contributed by atoms with van der Waals surface area (Å²) in [5.74, 6) is -3.36. The Morgan fingerprint density at radius 1 is 1.25 bits per heavy atom. The van der Waals surface area contributed by atoms with E-state index in [0.717, 1.165) is 16.8 Å².